The van der Waals surface area contributed by atoms with Crippen LogP contribution in [0.4, 0.5) is 0 Å². The highest BCUT2D eigenvalue weighted by molar-refractivity contribution is 5.92. The van der Waals surface area contributed by atoms with Crippen molar-refractivity contribution in [3.63, 3.8) is 0 Å². The molecule has 22 heavy (non-hydrogen) atoms. The fraction of sp³-hybridized carbons (Fsp3) is 0.632. The minimum absolute atomic E-state index is 0.139. The molecule has 1 aromatic carbocycles. The van der Waals surface area contributed by atoms with Gasteiger partial charge in [-0.1, -0.05) is 18.1 Å². The maximum Gasteiger partial charge on any atom is 0.119 e. The SMILES string of the molecule is COc1ccc2c(c1)CCC1C2CCC2(C)C(=NO)CCC12. The van der Waals surface area contributed by atoms with Gasteiger partial charge in [-0.05, 0) is 79.5 Å². The molecule has 4 unspecified atom stereocenters. The second-order valence-corrected chi connectivity index (χ2v) is 7.52. The van der Waals surface area contributed by atoms with E-state index in [9.17, 15) is 5.21 Å². The van der Waals surface area contributed by atoms with Crippen LogP contribution in [0, 0.1) is 17.3 Å². The molecule has 0 bridgehead atoms. The second kappa shape index (κ2) is 5.00. The maximum atomic E-state index is 9.36. The Bertz CT molecular complexity index is 624. The zero-order valence-electron chi connectivity index (χ0n) is 13.5. The van der Waals surface area contributed by atoms with Gasteiger partial charge in [-0.25, -0.2) is 0 Å². The summed E-state index contributed by atoms with van der Waals surface area (Å²) >= 11 is 0. The lowest BCUT2D eigenvalue weighted by Crippen LogP contribution is -2.42. The predicted octanol–water partition coefficient (Wildman–Crippen LogP) is 4.38. The van der Waals surface area contributed by atoms with Crippen LogP contribution in [0.25, 0.3) is 0 Å². The van der Waals surface area contributed by atoms with Gasteiger partial charge in [0.1, 0.15) is 5.75 Å². The van der Waals surface area contributed by atoms with E-state index in [0.717, 1.165) is 36.6 Å². The molecular weight excluding hydrogens is 274 g/mol. The number of fused-ring (bicyclic) bond motifs is 5. The van der Waals surface area contributed by atoms with Crippen molar-refractivity contribution in [2.75, 3.05) is 7.11 Å². The van der Waals surface area contributed by atoms with Crippen LogP contribution < -0.4 is 4.74 Å². The fourth-order valence-electron chi connectivity index (χ4n) is 5.64. The zero-order chi connectivity index (χ0) is 15.3. The number of hydrogen-bond donors (Lipinski definition) is 1. The lowest BCUT2D eigenvalue weighted by molar-refractivity contribution is 0.0938. The summed E-state index contributed by atoms with van der Waals surface area (Å²) in [6.07, 6.45) is 6.98. The minimum Gasteiger partial charge on any atom is -0.497 e. The molecule has 0 radical (unpaired) electrons. The van der Waals surface area contributed by atoms with E-state index in [1.165, 1.54) is 24.8 Å². The van der Waals surface area contributed by atoms with E-state index in [1.54, 1.807) is 12.7 Å². The number of benzene rings is 1. The van der Waals surface area contributed by atoms with Crippen molar-refractivity contribution in [3.05, 3.63) is 29.3 Å². The van der Waals surface area contributed by atoms with Crippen LogP contribution in [0.5, 0.6) is 5.75 Å². The zero-order valence-corrected chi connectivity index (χ0v) is 13.5. The van der Waals surface area contributed by atoms with Crippen LogP contribution in [0.1, 0.15) is 56.1 Å². The Kier molecular flexibility index (Phi) is 3.21. The first-order valence-electron chi connectivity index (χ1n) is 8.55. The predicted molar refractivity (Wildman–Crippen MR) is 86.8 cm³/mol. The Morgan fingerprint density at radius 2 is 2.09 bits per heavy atom. The molecule has 3 aliphatic rings. The molecule has 0 aromatic heterocycles. The summed E-state index contributed by atoms with van der Waals surface area (Å²) in [5, 5.41) is 13.0. The largest absolute Gasteiger partial charge is 0.497 e. The third-order valence-electron chi connectivity index (χ3n) is 6.80. The van der Waals surface area contributed by atoms with Gasteiger partial charge in [0.05, 0.1) is 12.8 Å². The minimum atomic E-state index is 0.139. The molecule has 2 saturated carbocycles. The third kappa shape index (κ3) is 1.84. The Hall–Kier alpha value is -1.51. The molecule has 0 aliphatic heterocycles. The Balaban J connectivity index is 1.69. The molecule has 0 heterocycles. The molecule has 3 nitrogen and oxygen atoms in total. The van der Waals surface area contributed by atoms with Gasteiger partial charge in [-0.3, -0.25) is 0 Å². The Morgan fingerprint density at radius 3 is 2.86 bits per heavy atom. The quantitative estimate of drug-likeness (QED) is 0.617. The van der Waals surface area contributed by atoms with Crippen molar-refractivity contribution >= 4 is 5.71 Å². The molecule has 0 spiro atoms. The van der Waals surface area contributed by atoms with Gasteiger partial charge in [-0.2, -0.15) is 0 Å². The summed E-state index contributed by atoms with van der Waals surface area (Å²) in [6, 6.07) is 6.64. The van der Waals surface area contributed by atoms with Gasteiger partial charge in [0, 0.05) is 5.41 Å². The lowest BCUT2D eigenvalue weighted by Gasteiger charge is -2.48. The molecule has 0 saturated heterocycles. The van der Waals surface area contributed by atoms with Gasteiger partial charge >= 0.3 is 0 Å². The van der Waals surface area contributed by atoms with E-state index in [-0.39, 0.29) is 5.41 Å². The number of hydrogen-bond acceptors (Lipinski definition) is 3. The van der Waals surface area contributed by atoms with Crippen LogP contribution >= 0.6 is 0 Å². The van der Waals surface area contributed by atoms with Gasteiger partial charge in [0.15, 0.2) is 0 Å². The summed E-state index contributed by atoms with van der Waals surface area (Å²) in [4.78, 5) is 0. The number of nitrogens with zero attached hydrogens (tertiary/aromatic N) is 1. The van der Waals surface area contributed by atoms with Crippen molar-refractivity contribution in [2.45, 2.75) is 51.4 Å². The summed E-state index contributed by atoms with van der Waals surface area (Å²) in [5.41, 5.74) is 4.23. The molecular formula is C19H25NO2. The van der Waals surface area contributed by atoms with Crippen molar-refractivity contribution in [2.24, 2.45) is 22.4 Å². The van der Waals surface area contributed by atoms with Crippen LogP contribution in [0.15, 0.2) is 23.4 Å². The molecule has 0 amide bonds. The van der Waals surface area contributed by atoms with E-state index in [4.69, 9.17) is 4.74 Å². The number of rotatable bonds is 1. The fourth-order valence-corrected chi connectivity index (χ4v) is 5.64. The first kappa shape index (κ1) is 14.1. The molecule has 1 aromatic rings. The third-order valence-corrected chi connectivity index (χ3v) is 6.80. The van der Waals surface area contributed by atoms with E-state index in [0.29, 0.717) is 11.8 Å². The van der Waals surface area contributed by atoms with E-state index in [1.807, 2.05) is 0 Å². The standard InChI is InChI=1S/C19H25NO2/c1-19-10-9-15-14-6-4-13(22-2)11-12(14)3-5-16(15)17(19)7-8-18(19)20-21/h4,6,11,15-17,21H,3,5,7-10H2,1-2H3. The first-order chi connectivity index (χ1) is 10.7. The second-order valence-electron chi connectivity index (χ2n) is 7.52. The van der Waals surface area contributed by atoms with Crippen molar-refractivity contribution in [1.29, 1.82) is 0 Å². The molecule has 118 valence electrons. The van der Waals surface area contributed by atoms with E-state index >= 15 is 0 Å². The van der Waals surface area contributed by atoms with Gasteiger partial charge in [0.25, 0.3) is 0 Å². The highest BCUT2D eigenvalue weighted by Gasteiger charge is 2.53. The molecule has 2 fully saturated rings. The van der Waals surface area contributed by atoms with Crippen LogP contribution in [0.2, 0.25) is 0 Å². The number of oxime groups is 1. The first-order valence-corrected chi connectivity index (χ1v) is 8.55. The van der Waals surface area contributed by atoms with Crippen LogP contribution in [0.3, 0.4) is 0 Å². The Labute approximate surface area is 132 Å². The summed E-state index contributed by atoms with van der Waals surface area (Å²) in [5.74, 6) is 3.10. The van der Waals surface area contributed by atoms with Gasteiger partial charge < -0.3 is 9.94 Å². The highest BCUT2D eigenvalue weighted by Crippen LogP contribution is 2.59. The monoisotopic (exact) mass is 299 g/mol. The van der Waals surface area contributed by atoms with Crippen molar-refractivity contribution in [1.82, 2.24) is 0 Å². The summed E-state index contributed by atoms with van der Waals surface area (Å²) in [6.45, 7) is 2.33. The molecule has 3 aliphatic carbocycles. The molecule has 4 atom stereocenters. The van der Waals surface area contributed by atoms with Crippen molar-refractivity contribution in [3.8, 4) is 5.75 Å². The van der Waals surface area contributed by atoms with E-state index in [2.05, 4.69) is 30.3 Å². The van der Waals surface area contributed by atoms with Crippen LogP contribution in [-0.2, 0) is 6.42 Å². The summed E-state index contributed by atoms with van der Waals surface area (Å²) in [7, 11) is 1.74. The molecule has 1 N–H and O–H groups in total. The number of methoxy groups -OCH3 is 1. The topological polar surface area (TPSA) is 41.8 Å². The average Bonchev–Trinajstić information content (AvgIpc) is 2.90. The Morgan fingerprint density at radius 1 is 1.23 bits per heavy atom. The normalized spacial score (nSPS) is 38.3. The highest BCUT2D eigenvalue weighted by atomic mass is 16.5. The molecule has 4 rings (SSSR count). The molecule has 3 heteroatoms. The number of ether oxygens (including phenoxy) is 1. The maximum absolute atomic E-state index is 9.36. The number of aryl methyl sites for hydroxylation is 1. The van der Waals surface area contributed by atoms with Crippen molar-refractivity contribution < 1.29 is 9.94 Å². The average molecular weight is 299 g/mol. The van der Waals surface area contributed by atoms with E-state index < -0.39 is 0 Å². The smallest absolute Gasteiger partial charge is 0.119 e. The summed E-state index contributed by atoms with van der Waals surface area (Å²) < 4.78 is 5.39. The van der Waals surface area contributed by atoms with Crippen LogP contribution in [-0.4, -0.2) is 18.0 Å². The van der Waals surface area contributed by atoms with Gasteiger partial charge in [-0.15, -0.1) is 0 Å². The van der Waals surface area contributed by atoms with Gasteiger partial charge in [0.2, 0.25) is 0 Å². The lowest BCUT2D eigenvalue weighted by atomic mass is 9.55.